The molecule has 7 nitrogen and oxygen atoms in total. The Labute approximate surface area is 213 Å². The molecule has 1 saturated heterocycles. The van der Waals surface area contributed by atoms with Gasteiger partial charge in [0.15, 0.2) is 6.10 Å². The number of ether oxygens (including phenoxy) is 1. The Morgan fingerprint density at radius 1 is 1.16 bits per heavy atom. The van der Waals surface area contributed by atoms with E-state index in [-0.39, 0.29) is 30.4 Å². The minimum atomic E-state index is -4.47. The minimum absolute atomic E-state index is 0.0428. The lowest BCUT2D eigenvalue weighted by Gasteiger charge is -2.30. The molecule has 0 amide bonds. The van der Waals surface area contributed by atoms with E-state index in [0.29, 0.717) is 18.0 Å². The van der Waals surface area contributed by atoms with Gasteiger partial charge in [-0.1, -0.05) is 11.2 Å². The van der Waals surface area contributed by atoms with Crippen LogP contribution in [-0.4, -0.2) is 51.6 Å². The summed E-state index contributed by atoms with van der Waals surface area (Å²) in [6.45, 7) is 2.43. The van der Waals surface area contributed by atoms with Crippen LogP contribution in [0.4, 0.5) is 22.0 Å². The third kappa shape index (κ3) is 5.61. The molecule has 1 fully saturated rings. The first kappa shape index (κ1) is 25.6. The molecule has 1 aromatic carbocycles. The van der Waals surface area contributed by atoms with Gasteiger partial charge in [0, 0.05) is 37.4 Å². The van der Waals surface area contributed by atoms with E-state index in [1.165, 1.54) is 36.6 Å². The number of benzene rings is 1. The van der Waals surface area contributed by atoms with Crippen LogP contribution in [0.25, 0.3) is 0 Å². The molecule has 1 unspecified atom stereocenters. The van der Waals surface area contributed by atoms with Crippen molar-refractivity contribution >= 4 is 17.0 Å². The first-order valence-corrected chi connectivity index (χ1v) is 12.7. The van der Waals surface area contributed by atoms with Gasteiger partial charge in [0.2, 0.25) is 5.88 Å². The zero-order chi connectivity index (χ0) is 26.2. The number of piperidine rings is 1. The number of nitrogens with zero attached hydrogens (tertiary/aromatic N) is 5. The van der Waals surface area contributed by atoms with E-state index in [1.54, 1.807) is 0 Å². The number of oxime groups is 1. The fraction of sp³-hybridized carbons (Fsp3) is 0.458. The summed E-state index contributed by atoms with van der Waals surface area (Å²) >= 11 is 1.53. The number of hydrogen-bond acceptors (Lipinski definition) is 7. The van der Waals surface area contributed by atoms with E-state index in [1.807, 2.05) is 5.38 Å². The molecule has 13 heteroatoms. The third-order valence-electron chi connectivity index (χ3n) is 6.55. The molecule has 0 saturated carbocycles. The maximum Gasteiger partial charge on any atom is 0.433 e. The molecule has 2 aliphatic rings. The van der Waals surface area contributed by atoms with Crippen molar-refractivity contribution in [2.75, 3.05) is 26.2 Å². The number of aryl methyl sites for hydroxylation is 1. The molecule has 37 heavy (non-hydrogen) atoms. The van der Waals surface area contributed by atoms with Crippen molar-refractivity contribution in [3.63, 3.8) is 0 Å². The largest absolute Gasteiger partial charge is 0.475 e. The number of hydrogen-bond donors (Lipinski definition) is 0. The molecule has 5 rings (SSSR count). The number of thiazole rings is 1. The Morgan fingerprint density at radius 2 is 1.89 bits per heavy atom. The number of aromatic nitrogens is 3. The summed E-state index contributed by atoms with van der Waals surface area (Å²) in [6.07, 6.45) is -3.31. The summed E-state index contributed by atoms with van der Waals surface area (Å²) in [4.78, 5) is 12.2. The molecule has 0 bridgehead atoms. The van der Waals surface area contributed by atoms with E-state index >= 15 is 0 Å². The molecule has 0 aliphatic carbocycles. The average molecular weight is 542 g/mol. The SMILES string of the molecule is Cn1nc(OCCN2CCC(c3nc(C4=NOC(c5c(F)cccc5F)C4)cs3)CC2)cc1C(F)(F)F. The standard InChI is InChI=1S/C24H24F5N5O2S/c1-33-20(24(27,28)29)12-21(31-33)35-10-9-34-7-5-14(6-8-34)23-30-18(13-37-23)17-11-19(36-32-17)22-15(25)3-2-4-16(22)26/h2-4,12-14,19H,5-11H2,1H3. The van der Waals surface area contributed by atoms with E-state index in [4.69, 9.17) is 14.6 Å². The Morgan fingerprint density at radius 3 is 2.57 bits per heavy atom. The Hall–Kier alpha value is -3.06. The monoisotopic (exact) mass is 541 g/mol. The zero-order valence-corrected chi connectivity index (χ0v) is 20.7. The van der Waals surface area contributed by atoms with Gasteiger partial charge >= 0.3 is 6.18 Å². The Kier molecular flexibility index (Phi) is 7.17. The van der Waals surface area contributed by atoms with Gasteiger partial charge in [-0.2, -0.15) is 13.2 Å². The number of alkyl halides is 3. The fourth-order valence-corrected chi connectivity index (χ4v) is 5.57. The molecule has 0 spiro atoms. The molecule has 0 N–H and O–H groups in total. The second kappa shape index (κ2) is 10.4. The Bertz CT molecular complexity index is 1260. The smallest absolute Gasteiger partial charge is 0.433 e. The van der Waals surface area contributed by atoms with Gasteiger partial charge in [-0.05, 0) is 38.1 Å². The molecular formula is C24H24F5N5O2S. The lowest BCUT2D eigenvalue weighted by atomic mass is 9.97. The maximum atomic E-state index is 14.1. The van der Waals surface area contributed by atoms with E-state index < -0.39 is 29.6 Å². The van der Waals surface area contributed by atoms with Gasteiger partial charge in [-0.3, -0.25) is 9.58 Å². The molecule has 2 aromatic heterocycles. The predicted molar refractivity (Wildman–Crippen MR) is 126 cm³/mol. The fourth-order valence-electron chi connectivity index (χ4n) is 4.57. The van der Waals surface area contributed by atoms with Crippen molar-refractivity contribution in [2.24, 2.45) is 12.2 Å². The highest BCUT2D eigenvalue weighted by atomic mass is 32.1. The minimum Gasteiger partial charge on any atom is -0.475 e. The van der Waals surface area contributed by atoms with Crippen molar-refractivity contribution in [2.45, 2.75) is 37.5 Å². The van der Waals surface area contributed by atoms with Crippen LogP contribution in [0, 0.1) is 11.6 Å². The van der Waals surface area contributed by atoms with Gasteiger partial charge in [-0.25, -0.2) is 13.8 Å². The number of halogens is 5. The summed E-state index contributed by atoms with van der Waals surface area (Å²) in [5.74, 6) is -1.10. The van der Waals surface area contributed by atoms with Crippen LogP contribution in [0.1, 0.15) is 53.2 Å². The van der Waals surface area contributed by atoms with Crippen LogP contribution in [0.15, 0.2) is 34.8 Å². The van der Waals surface area contributed by atoms with Crippen LogP contribution in [0.3, 0.4) is 0 Å². The molecule has 1 atom stereocenters. The number of rotatable bonds is 7. The van der Waals surface area contributed by atoms with Gasteiger partial charge in [0.1, 0.15) is 29.6 Å². The predicted octanol–water partition coefficient (Wildman–Crippen LogP) is 5.30. The van der Waals surface area contributed by atoms with E-state index in [2.05, 4.69) is 15.2 Å². The third-order valence-corrected chi connectivity index (χ3v) is 7.56. The molecule has 3 aromatic rings. The van der Waals surface area contributed by atoms with Gasteiger partial charge in [-0.15, -0.1) is 16.4 Å². The highest BCUT2D eigenvalue weighted by molar-refractivity contribution is 7.10. The molecule has 4 heterocycles. The summed E-state index contributed by atoms with van der Waals surface area (Å²) in [6, 6.07) is 4.60. The second-order valence-corrected chi connectivity index (χ2v) is 9.89. The van der Waals surface area contributed by atoms with Crippen LogP contribution in [-0.2, 0) is 18.1 Å². The zero-order valence-electron chi connectivity index (χ0n) is 19.8. The Balaban J connectivity index is 1.10. The lowest BCUT2D eigenvalue weighted by Crippen LogP contribution is -2.35. The quantitative estimate of drug-likeness (QED) is 0.380. The van der Waals surface area contributed by atoms with Crippen LogP contribution >= 0.6 is 11.3 Å². The maximum absolute atomic E-state index is 14.1. The summed E-state index contributed by atoms with van der Waals surface area (Å²) < 4.78 is 73.1. The molecule has 2 aliphatic heterocycles. The van der Waals surface area contributed by atoms with Crippen molar-refractivity contribution in [1.29, 1.82) is 0 Å². The molecular weight excluding hydrogens is 517 g/mol. The van der Waals surface area contributed by atoms with Gasteiger partial charge in [0.05, 0.1) is 16.3 Å². The highest BCUT2D eigenvalue weighted by Gasteiger charge is 2.35. The highest BCUT2D eigenvalue weighted by Crippen LogP contribution is 2.35. The average Bonchev–Trinajstić information content (AvgIpc) is 3.59. The van der Waals surface area contributed by atoms with Crippen LogP contribution < -0.4 is 4.74 Å². The topological polar surface area (TPSA) is 64.8 Å². The summed E-state index contributed by atoms with van der Waals surface area (Å²) in [5.41, 5.74) is 0.240. The van der Waals surface area contributed by atoms with Crippen molar-refractivity contribution in [1.82, 2.24) is 19.7 Å². The van der Waals surface area contributed by atoms with Crippen molar-refractivity contribution in [3.8, 4) is 5.88 Å². The summed E-state index contributed by atoms with van der Waals surface area (Å²) in [5, 5.41) is 10.7. The first-order chi connectivity index (χ1) is 17.7. The van der Waals surface area contributed by atoms with Crippen molar-refractivity contribution < 1.29 is 31.5 Å². The summed E-state index contributed by atoms with van der Waals surface area (Å²) in [7, 11) is 1.23. The van der Waals surface area contributed by atoms with Crippen molar-refractivity contribution in [3.05, 3.63) is 63.2 Å². The van der Waals surface area contributed by atoms with E-state index in [9.17, 15) is 22.0 Å². The molecule has 0 radical (unpaired) electrons. The van der Waals surface area contributed by atoms with Gasteiger partial charge in [0.25, 0.3) is 0 Å². The van der Waals surface area contributed by atoms with Crippen LogP contribution in [0.5, 0.6) is 5.88 Å². The molecule has 198 valence electrons. The van der Waals surface area contributed by atoms with E-state index in [0.717, 1.165) is 41.7 Å². The lowest BCUT2D eigenvalue weighted by molar-refractivity contribution is -0.143. The van der Waals surface area contributed by atoms with Gasteiger partial charge < -0.3 is 9.57 Å². The van der Waals surface area contributed by atoms with Crippen LogP contribution in [0.2, 0.25) is 0 Å². The normalized spacial score (nSPS) is 19.2. The number of likely N-dealkylation sites (tertiary alicyclic amines) is 1. The second-order valence-electron chi connectivity index (χ2n) is 9.00. The first-order valence-electron chi connectivity index (χ1n) is 11.8.